The van der Waals surface area contributed by atoms with E-state index in [0.717, 1.165) is 38.2 Å². The molecule has 116 valence electrons. The van der Waals surface area contributed by atoms with Gasteiger partial charge < -0.3 is 9.84 Å². The summed E-state index contributed by atoms with van der Waals surface area (Å²) in [5.41, 5.74) is 2.45. The molecule has 1 aliphatic heterocycles. The average Bonchev–Trinajstić information content (AvgIpc) is 2.48. The van der Waals surface area contributed by atoms with Crippen LogP contribution in [0.5, 0.6) is 5.75 Å². The van der Waals surface area contributed by atoms with Crippen LogP contribution in [0.4, 0.5) is 0 Å². The second kappa shape index (κ2) is 6.94. The Kier molecular flexibility index (Phi) is 5.23. The molecular weight excluding hydrogens is 266 g/mol. The van der Waals surface area contributed by atoms with Gasteiger partial charge in [0.15, 0.2) is 0 Å². The predicted molar refractivity (Wildman–Crippen MR) is 82.7 cm³/mol. The lowest BCUT2D eigenvalue weighted by Crippen LogP contribution is -2.35. The van der Waals surface area contributed by atoms with E-state index in [0.29, 0.717) is 5.92 Å². The minimum absolute atomic E-state index is 0.175. The van der Waals surface area contributed by atoms with E-state index in [1.807, 2.05) is 0 Å². The van der Waals surface area contributed by atoms with E-state index in [-0.39, 0.29) is 5.92 Å². The van der Waals surface area contributed by atoms with Crippen LogP contribution in [0.1, 0.15) is 43.7 Å². The summed E-state index contributed by atoms with van der Waals surface area (Å²) < 4.78 is 5.52. The molecule has 1 fully saturated rings. The Morgan fingerprint density at radius 2 is 2.05 bits per heavy atom. The molecule has 1 N–H and O–H groups in total. The maximum atomic E-state index is 11.0. The Labute approximate surface area is 126 Å². The number of rotatable bonds is 5. The van der Waals surface area contributed by atoms with Gasteiger partial charge in [-0.25, -0.2) is 0 Å². The molecule has 0 spiro atoms. The van der Waals surface area contributed by atoms with E-state index in [4.69, 9.17) is 9.84 Å². The van der Waals surface area contributed by atoms with Crippen molar-refractivity contribution in [2.75, 3.05) is 20.2 Å². The first-order chi connectivity index (χ1) is 10.0. The van der Waals surface area contributed by atoms with Crippen LogP contribution in [-0.2, 0) is 11.3 Å². The quantitative estimate of drug-likeness (QED) is 0.905. The molecule has 2 rings (SSSR count). The fourth-order valence-electron chi connectivity index (χ4n) is 2.83. The standard InChI is InChI=1S/C17H25NO3/c1-12(2)14-4-5-15(16(10-14)21-3)11-18-8-6-13(7-9-18)17(19)20/h4-5,10,12-13H,6-9,11H2,1-3H3,(H,19,20). The number of likely N-dealkylation sites (tertiary alicyclic amines) is 1. The zero-order valence-corrected chi connectivity index (χ0v) is 13.1. The van der Waals surface area contributed by atoms with E-state index in [1.165, 1.54) is 11.1 Å². The van der Waals surface area contributed by atoms with Gasteiger partial charge in [0.25, 0.3) is 0 Å². The third-order valence-corrected chi connectivity index (χ3v) is 4.31. The lowest BCUT2D eigenvalue weighted by molar-refractivity contribution is -0.143. The molecule has 0 bridgehead atoms. The zero-order chi connectivity index (χ0) is 15.4. The van der Waals surface area contributed by atoms with Crippen LogP contribution < -0.4 is 4.74 Å². The Morgan fingerprint density at radius 3 is 2.57 bits per heavy atom. The summed E-state index contributed by atoms with van der Waals surface area (Å²) >= 11 is 0. The minimum atomic E-state index is -0.659. The number of carboxylic acids is 1. The van der Waals surface area contributed by atoms with Crippen LogP contribution in [0.2, 0.25) is 0 Å². The second-order valence-electron chi connectivity index (χ2n) is 6.11. The summed E-state index contributed by atoms with van der Waals surface area (Å²) in [4.78, 5) is 13.3. The summed E-state index contributed by atoms with van der Waals surface area (Å²) in [6.07, 6.45) is 1.48. The van der Waals surface area contributed by atoms with Crippen molar-refractivity contribution in [3.8, 4) is 5.75 Å². The number of methoxy groups -OCH3 is 1. The van der Waals surface area contributed by atoms with Crippen LogP contribution in [0.25, 0.3) is 0 Å². The summed E-state index contributed by atoms with van der Waals surface area (Å²) in [6.45, 7) is 6.85. The lowest BCUT2D eigenvalue weighted by atomic mass is 9.96. The normalized spacial score (nSPS) is 17.1. The topological polar surface area (TPSA) is 49.8 Å². The number of benzene rings is 1. The molecule has 1 heterocycles. The van der Waals surface area contributed by atoms with E-state index in [1.54, 1.807) is 7.11 Å². The van der Waals surface area contributed by atoms with Crippen molar-refractivity contribution >= 4 is 5.97 Å². The molecule has 4 nitrogen and oxygen atoms in total. The molecule has 1 aromatic rings. The Balaban J connectivity index is 2.02. The molecule has 0 saturated carbocycles. The number of ether oxygens (including phenoxy) is 1. The van der Waals surface area contributed by atoms with Gasteiger partial charge in [0, 0.05) is 12.1 Å². The maximum Gasteiger partial charge on any atom is 0.306 e. The van der Waals surface area contributed by atoms with Crippen LogP contribution in [0, 0.1) is 5.92 Å². The smallest absolute Gasteiger partial charge is 0.306 e. The average molecular weight is 291 g/mol. The van der Waals surface area contributed by atoms with Crippen molar-refractivity contribution in [2.45, 2.75) is 39.2 Å². The molecule has 1 aromatic carbocycles. The second-order valence-corrected chi connectivity index (χ2v) is 6.11. The van der Waals surface area contributed by atoms with Crippen LogP contribution in [0.15, 0.2) is 18.2 Å². The van der Waals surface area contributed by atoms with Crippen molar-refractivity contribution in [3.63, 3.8) is 0 Å². The third-order valence-electron chi connectivity index (χ3n) is 4.31. The highest BCUT2D eigenvalue weighted by Gasteiger charge is 2.24. The zero-order valence-electron chi connectivity index (χ0n) is 13.1. The fourth-order valence-corrected chi connectivity index (χ4v) is 2.83. The van der Waals surface area contributed by atoms with Crippen molar-refractivity contribution in [2.24, 2.45) is 5.92 Å². The van der Waals surface area contributed by atoms with Gasteiger partial charge in [-0.1, -0.05) is 26.0 Å². The molecule has 0 amide bonds. The highest BCUT2D eigenvalue weighted by molar-refractivity contribution is 5.70. The highest BCUT2D eigenvalue weighted by atomic mass is 16.5. The van der Waals surface area contributed by atoms with Crippen LogP contribution >= 0.6 is 0 Å². The molecule has 0 unspecified atom stereocenters. The highest BCUT2D eigenvalue weighted by Crippen LogP contribution is 2.27. The molecule has 1 aliphatic rings. The van der Waals surface area contributed by atoms with Crippen molar-refractivity contribution < 1.29 is 14.6 Å². The SMILES string of the molecule is COc1cc(C(C)C)ccc1CN1CCC(C(=O)O)CC1. The molecule has 0 radical (unpaired) electrons. The first-order valence-corrected chi connectivity index (χ1v) is 7.63. The van der Waals surface area contributed by atoms with Crippen molar-refractivity contribution in [1.82, 2.24) is 4.90 Å². The molecule has 0 aromatic heterocycles. The predicted octanol–water partition coefficient (Wildman–Crippen LogP) is 3.12. The first-order valence-electron chi connectivity index (χ1n) is 7.63. The molecule has 0 atom stereocenters. The van der Waals surface area contributed by atoms with E-state index < -0.39 is 5.97 Å². The van der Waals surface area contributed by atoms with Gasteiger partial charge in [-0.2, -0.15) is 0 Å². The van der Waals surface area contributed by atoms with Gasteiger partial charge in [0.1, 0.15) is 5.75 Å². The van der Waals surface area contributed by atoms with Gasteiger partial charge in [0.2, 0.25) is 0 Å². The Hall–Kier alpha value is -1.55. The lowest BCUT2D eigenvalue weighted by Gasteiger charge is -2.30. The number of piperidine rings is 1. The molecule has 4 heteroatoms. The molecule has 0 aliphatic carbocycles. The third kappa shape index (κ3) is 3.97. The number of carbonyl (C=O) groups is 1. The number of hydrogen-bond donors (Lipinski definition) is 1. The number of nitrogens with zero attached hydrogens (tertiary/aromatic N) is 1. The monoisotopic (exact) mass is 291 g/mol. The van der Waals surface area contributed by atoms with Gasteiger partial charge in [-0.15, -0.1) is 0 Å². The number of aliphatic carboxylic acids is 1. The maximum absolute atomic E-state index is 11.0. The fraction of sp³-hybridized carbons (Fsp3) is 0.588. The molecular formula is C17H25NO3. The van der Waals surface area contributed by atoms with Crippen molar-refractivity contribution in [1.29, 1.82) is 0 Å². The largest absolute Gasteiger partial charge is 0.496 e. The van der Waals surface area contributed by atoms with Gasteiger partial charge in [-0.3, -0.25) is 9.69 Å². The summed E-state index contributed by atoms with van der Waals surface area (Å²) in [6, 6.07) is 6.41. The van der Waals surface area contributed by atoms with Crippen LogP contribution in [0.3, 0.4) is 0 Å². The summed E-state index contributed by atoms with van der Waals surface area (Å²) in [5, 5.41) is 9.04. The van der Waals surface area contributed by atoms with Gasteiger partial charge in [0.05, 0.1) is 13.0 Å². The van der Waals surface area contributed by atoms with Crippen LogP contribution in [-0.4, -0.2) is 36.2 Å². The van der Waals surface area contributed by atoms with E-state index in [2.05, 4.69) is 36.9 Å². The Morgan fingerprint density at radius 1 is 1.38 bits per heavy atom. The Bertz CT molecular complexity index is 491. The van der Waals surface area contributed by atoms with E-state index in [9.17, 15) is 4.79 Å². The summed E-state index contributed by atoms with van der Waals surface area (Å²) in [5.74, 6) is 0.584. The molecule has 21 heavy (non-hydrogen) atoms. The minimum Gasteiger partial charge on any atom is -0.496 e. The summed E-state index contributed by atoms with van der Waals surface area (Å²) in [7, 11) is 1.71. The van der Waals surface area contributed by atoms with E-state index >= 15 is 0 Å². The van der Waals surface area contributed by atoms with Gasteiger partial charge in [-0.05, 0) is 43.5 Å². The number of carboxylic acid groups (broad SMARTS) is 1. The molecule has 1 saturated heterocycles. The number of hydrogen-bond acceptors (Lipinski definition) is 3. The first kappa shape index (κ1) is 15.8. The van der Waals surface area contributed by atoms with Crippen molar-refractivity contribution in [3.05, 3.63) is 29.3 Å². The van der Waals surface area contributed by atoms with Gasteiger partial charge >= 0.3 is 5.97 Å².